The van der Waals surface area contributed by atoms with Crippen molar-refractivity contribution in [2.45, 2.75) is 35.1 Å². The van der Waals surface area contributed by atoms with Gasteiger partial charge in [-0.25, -0.2) is 13.4 Å². The van der Waals surface area contributed by atoms with Gasteiger partial charge >= 0.3 is 0 Å². The first-order valence-electron chi connectivity index (χ1n) is 11.7. The van der Waals surface area contributed by atoms with Gasteiger partial charge in [-0.15, -0.1) is 0 Å². The molecule has 3 aromatic rings. The molecule has 5 rings (SSSR count). The smallest absolute Gasteiger partial charge is 0.270 e. The Bertz CT molecular complexity index is 1540. The van der Waals surface area contributed by atoms with Gasteiger partial charge in [-0.2, -0.15) is 4.98 Å². The van der Waals surface area contributed by atoms with Crippen LogP contribution in [0.15, 0.2) is 51.0 Å². The fraction of sp³-hybridized carbons (Fsp3) is 0.375. The summed E-state index contributed by atoms with van der Waals surface area (Å²) < 4.78 is 26.6. The standard InChI is InChI=1S/C24H28ClN7O3S2/c1-31-22(33)18(36-16-7-8-17(28-20(16)25)30-37(2,34)35)21(27)29-23(31)32-11-9-24(10-12-32)13-14-5-3-4-6-15(14)19(24)26/h3-8,19H,9-13,26-27H2,1-2H3,(H,28,30)/t19-/m1/s1. The molecule has 0 bridgehead atoms. The molecular weight excluding hydrogens is 534 g/mol. The minimum atomic E-state index is -3.50. The number of rotatable bonds is 5. The second-order valence-corrected chi connectivity index (χ2v) is 12.8. The number of anilines is 3. The predicted octanol–water partition coefficient (Wildman–Crippen LogP) is 2.78. The van der Waals surface area contributed by atoms with Gasteiger partial charge in [-0.3, -0.25) is 14.1 Å². The van der Waals surface area contributed by atoms with Gasteiger partial charge in [0, 0.05) is 26.2 Å². The summed E-state index contributed by atoms with van der Waals surface area (Å²) in [5, 5.41) is 0.0411. The minimum Gasteiger partial charge on any atom is -0.382 e. The molecule has 1 aromatic carbocycles. The first kappa shape index (κ1) is 25.8. The molecule has 2 aliphatic rings. The number of hydrogen-bond acceptors (Lipinski definition) is 9. The molecule has 0 unspecified atom stereocenters. The minimum absolute atomic E-state index is 0.00357. The van der Waals surface area contributed by atoms with E-state index in [1.165, 1.54) is 21.8 Å². The summed E-state index contributed by atoms with van der Waals surface area (Å²) in [6, 6.07) is 11.4. The Hall–Kier alpha value is -2.80. The Morgan fingerprint density at radius 2 is 1.86 bits per heavy atom. The number of aromatic nitrogens is 3. The second kappa shape index (κ2) is 9.50. The van der Waals surface area contributed by atoms with Crippen molar-refractivity contribution in [2.75, 3.05) is 34.7 Å². The number of hydrogen-bond donors (Lipinski definition) is 3. The third kappa shape index (κ3) is 4.90. The highest BCUT2D eigenvalue weighted by atomic mass is 35.5. The molecule has 1 saturated heterocycles. The normalized spacial score (nSPS) is 18.7. The summed E-state index contributed by atoms with van der Waals surface area (Å²) in [6.45, 7) is 1.44. The fourth-order valence-corrected chi connectivity index (χ4v) is 6.90. The molecule has 1 aliphatic carbocycles. The molecule has 2 aromatic heterocycles. The van der Waals surface area contributed by atoms with Gasteiger partial charge in [0.05, 0.1) is 11.2 Å². The number of piperidine rings is 1. The molecular formula is C24H28ClN7O3S2. The number of nitrogens with zero attached hydrogens (tertiary/aromatic N) is 4. The van der Waals surface area contributed by atoms with E-state index < -0.39 is 10.0 Å². The zero-order valence-electron chi connectivity index (χ0n) is 20.4. The van der Waals surface area contributed by atoms with Crippen LogP contribution in [0, 0.1) is 5.41 Å². The van der Waals surface area contributed by atoms with Crippen LogP contribution in [0.1, 0.15) is 30.0 Å². The molecule has 196 valence electrons. The van der Waals surface area contributed by atoms with Gasteiger partial charge in [0.25, 0.3) is 5.56 Å². The fourth-order valence-electron chi connectivity index (χ4n) is 5.28. The Balaban J connectivity index is 1.34. The van der Waals surface area contributed by atoms with E-state index in [1.807, 2.05) is 6.07 Å². The predicted molar refractivity (Wildman–Crippen MR) is 147 cm³/mol. The van der Waals surface area contributed by atoms with E-state index in [-0.39, 0.29) is 38.7 Å². The van der Waals surface area contributed by atoms with Crippen LogP contribution in [0.2, 0.25) is 5.15 Å². The monoisotopic (exact) mass is 561 g/mol. The van der Waals surface area contributed by atoms with Crippen LogP contribution in [0.25, 0.3) is 0 Å². The highest BCUT2D eigenvalue weighted by Gasteiger charge is 2.46. The van der Waals surface area contributed by atoms with Crippen LogP contribution < -0.4 is 26.6 Å². The zero-order valence-corrected chi connectivity index (χ0v) is 22.8. The molecule has 1 aliphatic heterocycles. The van der Waals surface area contributed by atoms with Gasteiger partial charge in [0.15, 0.2) is 0 Å². The highest BCUT2D eigenvalue weighted by molar-refractivity contribution is 7.99. The molecule has 0 radical (unpaired) electrons. The van der Waals surface area contributed by atoms with Crippen molar-refractivity contribution in [1.82, 2.24) is 14.5 Å². The lowest BCUT2D eigenvalue weighted by molar-refractivity contribution is 0.186. The quantitative estimate of drug-likeness (QED) is 0.399. The van der Waals surface area contributed by atoms with Crippen molar-refractivity contribution in [3.8, 4) is 0 Å². The van der Waals surface area contributed by atoms with Gasteiger partial charge in [-0.05, 0) is 47.9 Å². The van der Waals surface area contributed by atoms with Crippen molar-refractivity contribution < 1.29 is 8.42 Å². The summed E-state index contributed by atoms with van der Waals surface area (Å²) in [7, 11) is -1.82. The van der Waals surface area contributed by atoms with Gasteiger partial charge in [0.1, 0.15) is 21.7 Å². The lowest BCUT2D eigenvalue weighted by atomic mass is 9.73. The Morgan fingerprint density at radius 1 is 1.16 bits per heavy atom. The maximum Gasteiger partial charge on any atom is 0.270 e. The molecule has 10 nitrogen and oxygen atoms in total. The summed E-state index contributed by atoms with van der Waals surface area (Å²) in [5.74, 6) is 0.699. The lowest BCUT2D eigenvalue weighted by Crippen LogP contribution is -2.46. The Labute approximate surface area is 224 Å². The van der Waals surface area contributed by atoms with Crippen LogP contribution in [0.4, 0.5) is 17.6 Å². The van der Waals surface area contributed by atoms with Crippen molar-refractivity contribution in [1.29, 1.82) is 0 Å². The topological polar surface area (TPSA) is 149 Å². The summed E-state index contributed by atoms with van der Waals surface area (Å²) >= 11 is 7.30. The number of nitrogen functional groups attached to an aromatic ring is 1. The molecule has 1 spiro atoms. The number of pyridine rings is 1. The van der Waals surface area contributed by atoms with Crippen LogP contribution in [-0.4, -0.2) is 42.3 Å². The van der Waals surface area contributed by atoms with Crippen molar-refractivity contribution in [2.24, 2.45) is 18.2 Å². The highest BCUT2D eigenvalue weighted by Crippen LogP contribution is 2.51. The van der Waals surface area contributed by atoms with E-state index >= 15 is 0 Å². The molecule has 5 N–H and O–H groups in total. The molecule has 13 heteroatoms. The average Bonchev–Trinajstić information content (AvgIpc) is 3.11. The third-order valence-corrected chi connectivity index (χ3v) is 9.32. The third-order valence-electron chi connectivity index (χ3n) is 7.20. The van der Waals surface area contributed by atoms with Crippen LogP contribution in [0.5, 0.6) is 0 Å². The number of fused-ring (bicyclic) bond motifs is 1. The zero-order chi connectivity index (χ0) is 26.5. The summed E-state index contributed by atoms with van der Waals surface area (Å²) in [6.07, 6.45) is 3.77. The molecule has 0 amide bonds. The van der Waals surface area contributed by atoms with Crippen molar-refractivity contribution >= 4 is 51.0 Å². The largest absolute Gasteiger partial charge is 0.382 e. The van der Waals surface area contributed by atoms with Crippen molar-refractivity contribution in [3.63, 3.8) is 0 Å². The van der Waals surface area contributed by atoms with E-state index in [0.29, 0.717) is 10.8 Å². The number of nitrogens with one attached hydrogen (secondary N) is 1. The van der Waals surface area contributed by atoms with Crippen molar-refractivity contribution in [3.05, 3.63) is 63.0 Å². The maximum atomic E-state index is 13.3. The maximum absolute atomic E-state index is 13.3. The number of sulfonamides is 1. The lowest BCUT2D eigenvalue weighted by Gasteiger charge is -2.42. The van der Waals surface area contributed by atoms with Crippen LogP contribution in [-0.2, 0) is 23.5 Å². The summed E-state index contributed by atoms with van der Waals surface area (Å²) in [4.78, 5) is 24.7. The van der Waals surface area contributed by atoms with E-state index in [9.17, 15) is 13.2 Å². The summed E-state index contributed by atoms with van der Waals surface area (Å²) in [5.41, 5.74) is 15.2. The molecule has 0 saturated carbocycles. The number of benzene rings is 1. The molecule has 1 atom stereocenters. The number of halogens is 1. The Morgan fingerprint density at radius 3 is 2.51 bits per heavy atom. The second-order valence-electron chi connectivity index (χ2n) is 9.65. The Kier molecular flexibility index (Phi) is 6.63. The molecule has 1 fully saturated rings. The first-order chi connectivity index (χ1) is 17.5. The SMILES string of the molecule is Cn1c(N2CCC3(CC2)Cc2ccccc2[C@H]3N)nc(N)c(Sc2ccc(NS(C)(=O)=O)nc2Cl)c1=O. The van der Waals surface area contributed by atoms with E-state index in [4.69, 9.17) is 23.1 Å². The van der Waals surface area contributed by atoms with Gasteiger partial charge in [0.2, 0.25) is 16.0 Å². The molecule has 37 heavy (non-hydrogen) atoms. The molecule has 3 heterocycles. The van der Waals surface area contributed by atoms with Crippen LogP contribution in [0.3, 0.4) is 0 Å². The van der Waals surface area contributed by atoms with Gasteiger partial charge < -0.3 is 16.4 Å². The van der Waals surface area contributed by atoms with Crippen LogP contribution >= 0.6 is 23.4 Å². The van der Waals surface area contributed by atoms with Gasteiger partial charge in [-0.1, -0.05) is 47.6 Å². The van der Waals surface area contributed by atoms with E-state index in [2.05, 4.69) is 37.8 Å². The van der Waals surface area contributed by atoms with E-state index in [1.54, 1.807) is 13.1 Å². The first-order valence-corrected chi connectivity index (χ1v) is 14.8. The average molecular weight is 562 g/mol. The number of nitrogens with two attached hydrogens (primary N) is 2. The van der Waals surface area contributed by atoms with E-state index in [0.717, 1.165) is 50.4 Å².